The van der Waals surface area contributed by atoms with Crippen LogP contribution in [0.1, 0.15) is 6.23 Å². The van der Waals surface area contributed by atoms with E-state index in [0.29, 0.717) is 0 Å². The van der Waals surface area contributed by atoms with Crippen LogP contribution in [0.15, 0.2) is 17.8 Å². The molecule has 0 saturated carbocycles. The fourth-order valence-corrected chi connectivity index (χ4v) is 7.29. The van der Waals surface area contributed by atoms with Crippen molar-refractivity contribution in [3.05, 3.63) is 23.1 Å². The van der Waals surface area contributed by atoms with Gasteiger partial charge >= 0.3 is 23.4 Å². The van der Waals surface area contributed by atoms with Gasteiger partial charge in [0, 0.05) is 18.0 Å². The lowest BCUT2D eigenvalue weighted by atomic mass is 10.1. The smallest absolute Gasteiger partial charge is 0.387 e. The molecule has 3 heterocycles. The zero-order valence-electron chi connectivity index (χ0n) is 23.2. The van der Waals surface area contributed by atoms with Crippen molar-refractivity contribution in [1.82, 2.24) is 24.6 Å². The summed E-state index contributed by atoms with van der Waals surface area (Å²) in [5.41, 5.74) is 14.2. The molecule has 27 heteroatoms. The van der Waals surface area contributed by atoms with Crippen LogP contribution in [-0.4, -0.2) is 122 Å². The summed E-state index contributed by atoms with van der Waals surface area (Å²) in [4.78, 5) is 43.8. The molecule has 7 atom stereocenters. The Kier molecular flexibility index (Phi) is 14.2. The summed E-state index contributed by atoms with van der Waals surface area (Å²) < 4.78 is 71.5. The van der Waals surface area contributed by atoms with Gasteiger partial charge in [-0.1, -0.05) is 5.11 Å². The average molecular weight is 707 g/mol. The molecular formula is C18H32N9O15P3. The predicted molar refractivity (Wildman–Crippen MR) is 148 cm³/mol. The van der Waals surface area contributed by atoms with Gasteiger partial charge in [-0.3, -0.25) is 9.09 Å². The SMILES string of the molecule is [N-]=[N+]=NCCOCCOCCOCCNP(=O)(O)OP(=O)(O)OP(=O)(O)OC[C@H]1O[C@@H](n2cnc3c(N)ncnc32)[C@H](O)[C@@H]1O. The first-order chi connectivity index (χ1) is 21.3. The average Bonchev–Trinajstić information content (AvgIpc) is 3.50. The Morgan fingerprint density at radius 3 is 2.33 bits per heavy atom. The standard InChI is InChI=1S/C18H32N9O15P3/c19-16-13-17(22-10-21-16)27(11-23-13)18-15(29)14(28)12(40-18)9-39-44(32,33)42-45(34,35)41-43(30,31)25-2-4-37-6-8-38-7-5-36-3-1-24-26-20/h10-12,14-15,18,28-29H,1-9H2,(H,32,33)(H,34,35)(H2,19,21,22)(H2,25,30,31)/t12-,14-,15-,18-/m1/s1. The van der Waals surface area contributed by atoms with E-state index in [4.69, 9.17) is 30.2 Å². The Labute approximate surface area is 253 Å². The molecule has 1 fully saturated rings. The third kappa shape index (κ3) is 11.9. The molecule has 45 heavy (non-hydrogen) atoms. The summed E-state index contributed by atoms with van der Waals surface area (Å²) in [6.07, 6.45) is -3.72. The molecule has 0 amide bonds. The lowest BCUT2D eigenvalue weighted by Crippen LogP contribution is -2.33. The number of aliphatic hydroxyl groups excluding tert-OH is 2. The highest BCUT2D eigenvalue weighted by atomic mass is 31.3. The van der Waals surface area contributed by atoms with Gasteiger partial charge in [-0.15, -0.1) is 0 Å². The van der Waals surface area contributed by atoms with Crippen LogP contribution in [0, 0.1) is 0 Å². The van der Waals surface area contributed by atoms with E-state index in [1.807, 2.05) is 5.09 Å². The topological polar surface area (TPSA) is 347 Å². The van der Waals surface area contributed by atoms with Crippen molar-refractivity contribution in [3.63, 3.8) is 0 Å². The van der Waals surface area contributed by atoms with Crippen molar-refractivity contribution in [3.8, 4) is 0 Å². The van der Waals surface area contributed by atoms with Crippen molar-refractivity contribution >= 4 is 40.4 Å². The highest BCUT2D eigenvalue weighted by Crippen LogP contribution is 2.66. The first kappa shape index (κ1) is 37.3. The third-order valence-electron chi connectivity index (χ3n) is 5.52. The zero-order valence-corrected chi connectivity index (χ0v) is 25.9. The number of phosphoric acid groups is 2. The monoisotopic (exact) mass is 707 g/mol. The van der Waals surface area contributed by atoms with Gasteiger partial charge in [-0.05, 0) is 5.53 Å². The van der Waals surface area contributed by atoms with Crippen molar-refractivity contribution < 1.29 is 70.7 Å². The predicted octanol–water partition coefficient (Wildman–Crippen LogP) is -0.672. The largest absolute Gasteiger partial charge is 0.489 e. The zero-order chi connectivity index (χ0) is 33.1. The molecule has 254 valence electrons. The highest BCUT2D eigenvalue weighted by molar-refractivity contribution is 7.67. The fourth-order valence-electron chi connectivity index (χ4n) is 3.61. The Balaban J connectivity index is 1.37. The number of anilines is 1. The van der Waals surface area contributed by atoms with E-state index in [1.165, 1.54) is 10.9 Å². The van der Waals surface area contributed by atoms with Gasteiger partial charge in [-0.2, -0.15) is 8.62 Å². The molecule has 1 aliphatic rings. The molecule has 1 saturated heterocycles. The molecule has 1 aliphatic heterocycles. The minimum atomic E-state index is -5.70. The highest BCUT2D eigenvalue weighted by Gasteiger charge is 2.47. The second-order valence-electron chi connectivity index (χ2n) is 8.75. The molecule has 8 N–H and O–H groups in total. The molecule has 0 bridgehead atoms. The van der Waals surface area contributed by atoms with Crippen LogP contribution in [0.2, 0.25) is 0 Å². The maximum atomic E-state index is 12.3. The first-order valence-corrected chi connectivity index (χ1v) is 17.3. The minimum Gasteiger partial charge on any atom is -0.387 e. The number of nitrogens with zero attached hydrogens (tertiary/aromatic N) is 7. The summed E-state index contributed by atoms with van der Waals surface area (Å²) in [6, 6.07) is 0. The molecule has 3 rings (SSSR count). The van der Waals surface area contributed by atoms with Gasteiger partial charge in [0.2, 0.25) is 0 Å². The van der Waals surface area contributed by atoms with Crippen molar-refractivity contribution in [1.29, 1.82) is 0 Å². The summed E-state index contributed by atoms with van der Waals surface area (Å²) in [7, 11) is -16.2. The third-order valence-corrected chi connectivity index (χ3v) is 9.98. The lowest BCUT2D eigenvalue weighted by Gasteiger charge is -2.20. The van der Waals surface area contributed by atoms with Crippen molar-refractivity contribution in [2.24, 2.45) is 5.11 Å². The van der Waals surface area contributed by atoms with Crippen LogP contribution in [0.3, 0.4) is 0 Å². The number of aromatic nitrogens is 4. The Hall–Kier alpha value is -2.17. The lowest BCUT2D eigenvalue weighted by molar-refractivity contribution is -0.0503. The van der Waals surface area contributed by atoms with E-state index < -0.39 is 54.5 Å². The van der Waals surface area contributed by atoms with Crippen LogP contribution in [0.4, 0.5) is 5.82 Å². The number of nitrogen functional groups attached to an aromatic ring is 1. The van der Waals surface area contributed by atoms with E-state index in [-0.39, 0.29) is 69.7 Å². The summed E-state index contributed by atoms with van der Waals surface area (Å²) in [5, 5.41) is 26.0. The van der Waals surface area contributed by atoms with E-state index in [9.17, 15) is 38.6 Å². The Bertz CT molecular complexity index is 1450. The number of aliphatic hydroxyl groups is 2. The Morgan fingerprint density at radius 2 is 1.64 bits per heavy atom. The summed E-state index contributed by atoms with van der Waals surface area (Å²) >= 11 is 0. The number of nitrogens with two attached hydrogens (primary N) is 1. The van der Waals surface area contributed by atoms with E-state index in [0.717, 1.165) is 6.33 Å². The van der Waals surface area contributed by atoms with E-state index in [1.54, 1.807) is 0 Å². The van der Waals surface area contributed by atoms with E-state index in [2.05, 4.69) is 38.1 Å². The van der Waals surface area contributed by atoms with Crippen LogP contribution in [-0.2, 0) is 45.8 Å². The molecular weight excluding hydrogens is 675 g/mol. The number of fused-ring (bicyclic) bond motifs is 1. The minimum absolute atomic E-state index is 0.0397. The molecule has 2 aromatic heterocycles. The quantitative estimate of drug-likeness (QED) is 0.0278. The summed E-state index contributed by atoms with van der Waals surface area (Å²) in [5.74, 6) is 0.0397. The van der Waals surface area contributed by atoms with Crippen LogP contribution in [0.5, 0.6) is 0 Å². The van der Waals surface area contributed by atoms with Crippen LogP contribution in [0.25, 0.3) is 21.6 Å². The number of hydrogen-bond donors (Lipinski definition) is 7. The maximum Gasteiger partial charge on any atom is 0.489 e. The van der Waals surface area contributed by atoms with Gasteiger partial charge in [0.1, 0.15) is 30.2 Å². The molecule has 2 aromatic rings. The molecule has 0 spiro atoms. The molecule has 3 unspecified atom stereocenters. The number of rotatable bonds is 21. The number of phosphoric ester groups is 1. The number of imidazole rings is 1. The van der Waals surface area contributed by atoms with Gasteiger partial charge in [0.25, 0.3) is 0 Å². The molecule has 0 aliphatic carbocycles. The van der Waals surface area contributed by atoms with E-state index >= 15 is 0 Å². The van der Waals surface area contributed by atoms with Gasteiger partial charge in [0.15, 0.2) is 17.7 Å². The normalized spacial score (nSPS) is 24.1. The maximum absolute atomic E-state index is 12.3. The molecule has 24 nitrogen and oxygen atoms in total. The second kappa shape index (κ2) is 17.1. The number of nitrogens with one attached hydrogen (secondary N) is 1. The van der Waals surface area contributed by atoms with Gasteiger partial charge in [-0.25, -0.2) is 33.7 Å². The number of ether oxygens (including phenoxy) is 4. The molecule has 0 radical (unpaired) electrons. The van der Waals surface area contributed by atoms with Gasteiger partial charge in [0.05, 0.1) is 52.6 Å². The first-order valence-electron chi connectivity index (χ1n) is 12.7. The van der Waals surface area contributed by atoms with Gasteiger partial charge < -0.3 is 49.6 Å². The van der Waals surface area contributed by atoms with Crippen LogP contribution < -0.4 is 10.8 Å². The van der Waals surface area contributed by atoms with Crippen molar-refractivity contribution in [2.45, 2.75) is 24.5 Å². The van der Waals surface area contributed by atoms with Crippen molar-refractivity contribution in [2.75, 3.05) is 65.1 Å². The molecule has 0 aromatic carbocycles. The fraction of sp³-hybridized carbons (Fsp3) is 0.722. The van der Waals surface area contributed by atoms with Crippen LogP contribution >= 0.6 is 23.4 Å². The number of azide groups is 1. The number of hydrogen-bond acceptors (Lipinski definition) is 17. The summed E-state index contributed by atoms with van der Waals surface area (Å²) in [6.45, 7) is -0.271. The second-order valence-corrected chi connectivity index (χ2v) is 13.5. The Morgan fingerprint density at radius 1 is 0.978 bits per heavy atom.